The molecule has 0 aliphatic carbocycles. The number of ether oxygens (including phenoxy) is 1. The molecule has 7 heteroatoms. The van der Waals surface area contributed by atoms with Gasteiger partial charge in [0.15, 0.2) is 12.4 Å². The molecule has 0 atom stereocenters. The van der Waals surface area contributed by atoms with Crippen LogP contribution in [0.2, 0.25) is 0 Å². The highest BCUT2D eigenvalue weighted by molar-refractivity contribution is 5.97. The van der Waals surface area contributed by atoms with E-state index < -0.39 is 4.92 Å². The molecule has 6 nitrogen and oxygen atoms in total. The number of nitrogens with zero attached hydrogens (tertiary/aromatic N) is 2. The van der Waals surface area contributed by atoms with Crippen molar-refractivity contribution < 1.29 is 18.8 Å². The zero-order valence-electron chi connectivity index (χ0n) is 11.4. The number of carbonyl (C=O) groups is 1. The maximum absolute atomic E-state index is 12.9. The molecule has 3 rings (SSSR count). The Labute approximate surface area is 124 Å². The summed E-state index contributed by atoms with van der Waals surface area (Å²) in [6.45, 7) is 0.0582. The summed E-state index contributed by atoms with van der Waals surface area (Å²) in [6, 6.07) is 9.90. The molecule has 2 aromatic carbocycles. The molecule has 0 spiro atoms. The Balaban J connectivity index is 1.93. The van der Waals surface area contributed by atoms with Crippen molar-refractivity contribution in [1.29, 1.82) is 0 Å². The van der Waals surface area contributed by atoms with E-state index in [4.69, 9.17) is 4.74 Å². The number of anilines is 1. The number of halogens is 1. The van der Waals surface area contributed by atoms with Crippen LogP contribution in [-0.4, -0.2) is 17.4 Å². The minimum absolute atomic E-state index is 0.102. The van der Waals surface area contributed by atoms with Crippen molar-refractivity contribution >= 4 is 17.3 Å². The van der Waals surface area contributed by atoms with E-state index in [0.717, 1.165) is 5.56 Å². The molecular weight excluding hydrogens is 291 g/mol. The second-order valence-electron chi connectivity index (χ2n) is 4.80. The van der Waals surface area contributed by atoms with Gasteiger partial charge in [0.2, 0.25) is 0 Å². The molecule has 1 aliphatic rings. The van der Waals surface area contributed by atoms with Crippen molar-refractivity contribution in [2.45, 2.75) is 6.54 Å². The first-order chi connectivity index (χ1) is 10.5. The molecule has 112 valence electrons. The van der Waals surface area contributed by atoms with Gasteiger partial charge in [-0.1, -0.05) is 12.1 Å². The number of carbonyl (C=O) groups excluding carboxylic acids is 1. The van der Waals surface area contributed by atoms with E-state index in [9.17, 15) is 19.3 Å². The fourth-order valence-corrected chi connectivity index (χ4v) is 2.25. The average Bonchev–Trinajstić information content (AvgIpc) is 2.51. The Morgan fingerprint density at radius 2 is 1.95 bits per heavy atom. The van der Waals surface area contributed by atoms with Crippen LogP contribution in [0.3, 0.4) is 0 Å². The second kappa shape index (κ2) is 5.44. The van der Waals surface area contributed by atoms with Crippen LogP contribution in [0.5, 0.6) is 5.75 Å². The van der Waals surface area contributed by atoms with Crippen LogP contribution in [-0.2, 0) is 11.3 Å². The number of rotatable bonds is 3. The highest BCUT2D eigenvalue weighted by Crippen LogP contribution is 2.35. The molecule has 1 aliphatic heterocycles. The lowest BCUT2D eigenvalue weighted by Gasteiger charge is -2.29. The first kappa shape index (κ1) is 14.0. The SMILES string of the molecule is O=C1COc2cc([N+](=O)[O-])ccc2N1Cc1ccc(F)cc1. The third-order valence-electron chi connectivity index (χ3n) is 3.35. The van der Waals surface area contributed by atoms with Gasteiger partial charge in [0, 0.05) is 6.07 Å². The van der Waals surface area contributed by atoms with E-state index >= 15 is 0 Å². The Hall–Kier alpha value is -2.96. The Bertz CT molecular complexity index is 746. The summed E-state index contributed by atoms with van der Waals surface area (Å²) in [4.78, 5) is 23.8. The number of nitro groups is 1. The highest BCUT2D eigenvalue weighted by atomic mass is 19.1. The Morgan fingerprint density at radius 3 is 2.64 bits per heavy atom. The summed E-state index contributed by atoms with van der Waals surface area (Å²) < 4.78 is 18.2. The van der Waals surface area contributed by atoms with Crippen LogP contribution in [0.1, 0.15) is 5.56 Å². The largest absolute Gasteiger partial charge is 0.481 e. The first-order valence-corrected chi connectivity index (χ1v) is 6.50. The van der Waals surface area contributed by atoms with Crippen molar-refractivity contribution in [3.05, 3.63) is 64.0 Å². The summed E-state index contributed by atoms with van der Waals surface area (Å²) in [5.41, 5.74) is 1.11. The number of amides is 1. The van der Waals surface area contributed by atoms with E-state index in [1.54, 1.807) is 12.1 Å². The van der Waals surface area contributed by atoms with Gasteiger partial charge in [0.1, 0.15) is 5.82 Å². The fraction of sp³-hybridized carbons (Fsp3) is 0.133. The zero-order valence-corrected chi connectivity index (χ0v) is 11.4. The lowest BCUT2D eigenvalue weighted by Crippen LogP contribution is -2.38. The van der Waals surface area contributed by atoms with Crippen molar-refractivity contribution in [2.24, 2.45) is 0 Å². The molecule has 0 bridgehead atoms. The summed E-state index contributed by atoms with van der Waals surface area (Å²) in [6.07, 6.45) is 0. The smallest absolute Gasteiger partial charge is 0.273 e. The zero-order chi connectivity index (χ0) is 15.7. The molecule has 0 saturated carbocycles. The lowest BCUT2D eigenvalue weighted by molar-refractivity contribution is -0.384. The Morgan fingerprint density at radius 1 is 1.23 bits per heavy atom. The quantitative estimate of drug-likeness (QED) is 0.645. The van der Waals surface area contributed by atoms with Crippen molar-refractivity contribution in [3.63, 3.8) is 0 Å². The molecule has 0 aromatic heterocycles. The third-order valence-corrected chi connectivity index (χ3v) is 3.35. The molecule has 0 unspecified atom stereocenters. The monoisotopic (exact) mass is 302 g/mol. The molecule has 22 heavy (non-hydrogen) atoms. The molecule has 2 aromatic rings. The van der Waals surface area contributed by atoms with Crippen LogP contribution in [0.15, 0.2) is 42.5 Å². The highest BCUT2D eigenvalue weighted by Gasteiger charge is 2.27. The lowest BCUT2D eigenvalue weighted by atomic mass is 10.1. The van der Waals surface area contributed by atoms with Crippen LogP contribution in [0.25, 0.3) is 0 Å². The molecule has 1 heterocycles. The van der Waals surface area contributed by atoms with Gasteiger partial charge in [-0.15, -0.1) is 0 Å². The van der Waals surface area contributed by atoms with Gasteiger partial charge in [-0.3, -0.25) is 14.9 Å². The van der Waals surface area contributed by atoms with Gasteiger partial charge in [0.05, 0.1) is 23.2 Å². The number of hydrogen-bond donors (Lipinski definition) is 0. The number of nitro benzene ring substituents is 1. The minimum Gasteiger partial charge on any atom is -0.481 e. The summed E-state index contributed by atoms with van der Waals surface area (Å²) >= 11 is 0. The minimum atomic E-state index is -0.523. The molecule has 0 N–H and O–H groups in total. The van der Waals surface area contributed by atoms with E-state index in [2.05, 4.69) is 0 Å². The molecule has 1 amide bonds. The molecule has 0 saturated heterocycles. The first-order valence-electron chi connectivity index (χ1n) is 6.50. The van der Waals surface area contributed by atoms with Crippen LogP contribution in [0.4, 0.5) is 15.8 Å². The summed E-state index contributed by atoms with van der Waals surface area (Å²) in [7, 11) is 0. The van der Waals surface area contributed by atoms with Crippen molar-refractivity contribution in [1.82, 2.24) is 0 Å². The molecule has 0 fully saturated rings. The van der Waals surface area contributed by atoms with Gasteiger partial charge in [0.25, 0.3) is 11.6 Å². The molecule has 0 radical (unpaired) electrons. The Kier molecular flexibility index (Phi) is 3.46. The normalized spacial score (nSPS) is 13.5. The summed E-state index contributed by atoms with van der Waals surface area (Å²) in [5.74, 6) is -0.324. The number of fused-ring (bicyclic) bond motifs is 1. The van der Waals surface area contributed by atoms with Gasteiger partial charge >= 0.3 is 0 Å². The van der Waals surface area contributed by atoms with Gasteiger partial charge in [-0.05, 0) is 23.8 Å². The van der Waals surface area contributed by atoms with Gasteiger partial charge in [-0.2, -0.15) is 0 Å². The molecular formula is C15H11FN2O4. The number of hydrogen-bond acceptors (Lipinski definition) is 4. The topological polar surface area (TPSA) is 72.7 Å². The van der Waals surface area contributed by atoms with Crippen molar-refractivity contribution in [3.8, 4) is 5.75 Å². The predicted molar refractivity (Wildman–Crippen MR) is 76.2 cm³/mol. The third kappa shape index (κ3) is 2.60. The van der Waals surface area contributed by atoms with E-state index in [-0.39, 0.29) is 36.3 Å². The van der Waals surface area contributed by atoms with Crippen LogP contribution >= 0.6 is 0 Å². The second-order valence-corrected chi connectivity index (χ2v) is 4.80. The maximum atomic E-state index is 12.9. The standard InChI is InChI=1S/C15H11FN2O4/c16-11-3-1-10(2-4-11)8-17-13-6-5-12(18(20)21)7-14(13)22-9-15(17)19/h1-7H,8-9H2. The fourth-order valence-electron chi connectivity index (χ4n) is 2.25. The number of benzene rings is 2. The predicted octanol–water partition coefficient (Wildman–Crippen LogP) is 2.66. The van der Waals surface area contributed by atoms with E-state index in [1.165, 1.54) is 35.2 Å². The van der Waals surface area contributed by atoms with E-state index in [0.29, 0.717) is 5.69 Å². The summed E-state index contributed by atoms with van der Waals surface area (Å²) in [5, 5.41) is 10.8. The average molecular weight is 302 g/mol. The number of non-ortho nitro benzene ring substituents is 1. The van der Waals surface area contributed by atoms with Gasteiger partial charge in [-0.25, -0.2) is 4.39 Å². The van der Waals surface area contributed by atoms with Crippen LogP contribution in [0, 0.1) is 15.9 Å². The van der Waals surface area contributed by atoms with Crippen LogP contribution < -0.4 is 9.64 Å². The van der Waals surface area contributed by atoms with E-state index in [1.807, 2.05) is 0 Å². The maximum Gasteiger partial charge on any atom is 0.273 e. The van der Waals surface area contributed by atoms with Gasteiger partial charge < -0.3 is 9.64 Å². The van der Waals surface area contributed by atoms with Crippen molar-refractivity contribution in [2.75, 3.05) is 11.5 Å².